The van der Waals surface area contributed by atoms with Gasteiger partial charge in [-0.1, -0.05) is 0 Å². The van der Waals surface area contributed by atoms with E-state index >= 15 is 0 Å². The molecule has 0 aromatic heterocycles. The van der Waals surface area contributed by atoms with Crippen molar-refractivity contribution >= 4 is 12.1 Å². The second-order valence-corrected chi connectivity index (χ2v) is 3.33. The maximum absolute atomic E-state index is 11.2. The van der Waals surface area contributed by atoms with Crippen LogP contribution in [0.1, 0.15) is 12.8 Å². The van der Waals surface area contributed by atoms with Crippen molar-refractivity contribution in [2.24, 2.45) is 5.73 Å². The number of amides is 4. The number of nitrogens with two attached hydrogens (primary N) is 1. The predicted molar refractivity (Wildman–Crippen MR) is 51.8 cm³/mol. The number of nitrogens with zero attached hydrogens (tertiary/aromatic N) is 1. The summed E-state index contributed by atoms with van der Waals surface area (Å²) in [5.41, 5.74) is 5.00. The van der Waals surface area contributed by atoms with Gasteiger partial charge in [0.05, 0.1) is 0 Å². The topological polar surface area (TPSA) is 87.5 Å². The minimum Gasteiger partial charge on any atom is -0.352 e. The molecule has 0 saturated carbocycles. The lowest BCUT2D eigenvalue weighted by molar-refractivity contribution is 0.178. The number of likely N-dealkylation sites (tertiary alicyclic amines) is 1. The first kappa shape index (κ1) is 10.6. The Morgan fingerprint density at radius 2 is 1.93 bits per heavy atom. The molecule has 4 amide bonds. The average molecular weight is 200 g/mol. The number of urea groups is 2. The fourth-order valence-corrected chi connectivity index (χ4v) is 1.59. The summed E-state index contributed by atoms with van der Waals surface area (Å²) in [6.45, 7) is 1.31. The monoisotopic (exact) mass is 200 g/mol. The highest BCUT2D eigenvalue weighted by atomic mass is 16.2. The molecule has 1 saturated heterocycles. The van der Waals surface area contributed by atoms with Gasteiger partial charge in [0, 0.05) is 26.2 Å². The van der Waals surface area contributed by atoms with Gasteiger partial charge in [0.2, 0.25) is 0 Å². The van der Waals surface area contributed by atoms with Gasteiger partial charge in [0.25, 0.3) is 0 Å². The summed E-state index contributed by atoms with van der Waals surface area (Å²) in [5.74, 6) is 0. The van der Waals surface area contributed by atoms with Crippen LogP contribution < -0.4 is 16.4 Å². The van der Waals surface area contributed by atoms with Crippen LogP contribution in [0.4, 0.5) is 9.59 Å². The maximum Gasteiger partial charge on any atom is 0.317 e. The summed E-state index contributed by atoms with van der Waals surface area (Å²) in [4.78, 5) is 23.5. The molecule has 1 aliphatic heterocycles. The van der Waals surface area contributed by atoms with Crippen LogP contribution in [0, 0.1) is 0 Å². The van der Waals surface area contributed by atoms with E-state index in [9.17, 15) is 9.59 Å². The molecular formula is C8H16N4O2. The molecule has 6 nitrogen and oxygen atoms in total. The van der Waals surface area contributed by atoms with Crippen molar-refractivity contribution < 1.29 is 9.59 Å². The number of hydrogen-bond donors (Lipinski definition) is 3. The molecule has 0 spiro atoms. The van der Waals surface area contributed by atoms with Gasteiger partial charge >= 0.3 is 12.1 Å². The molecule has 14 heavy (non-hydrogen) atoms. The van der Waals surface area contributed by atoms with Crippen LogP contribution in [0.25, 0.3) is 0 Å². The van der Waals surface area contributed by atoms with Gasteiger partial charge in [-0.25, -0.2) is 9.59 Å². The summed E-state index contributed by atoms with van der Waals surface area (Å²) >= 11 is 0. The van der Waals surface area contributed by atoms with Crippen molar-refractivity contribution in [3.63, 3.8) is 0 Å². The van der Waals surface area contributed by atoms with Crippen molar-refractivity contribution in [3.05, 3.63) is 0 Å². The molecule has 0 aromatic rings. The van der Waals surface area contributed by atoms with Crippen molar-refractivity contribution in [1.29, 1.82) is 0 Å². The van der Waals surface area contributed by atoms with Crippen LogP contribution in [-0.2, 0) is 0 Å². The van der Waals surface area contributed by atoms with Gasteiger partial charge in [-0.05, 0) is 12.8 Å². The standard InChI is InChI=1S/C8H16N4O2/c1-10-8(14)12-4-2-6(3-5-12)11-7(9)13/h6H,2-5H2,1H3,(H,10,14)(H3,9,11,13). The van der Waals surface area contributed by atoms with E-state index in [2.05, 4.69) is 10.6 Å². The Labute approximate surface area is 82.8 Å². The summed E-state index contributed by atoms with van der Waals surface area (Å²) in [6.07, 6.45) is 1.52. The molecule has 0 radical (unpaired) electrons. The summed E-state index contributed by atoms with van der Waals surface area (Å²) in [5, 5.41) is 5.20. The lowest BCUT2D eigenvalue weighted by Gasteiger charge is -2.31. The fourth-order valence-electron chi connectivity index (χ4n) is 1.59. The molecule has 4 N–H and O–H groups in total. The van der Waals surface area contributed by atoms with E-state index in [1.54, 1.807) is 11.9 Å². The van der Waals surface area contributed by atoms with E-state index in [1.165, 1.54) is 0 Å². The molecule has 0 unspecified atom stereocenters. The molecule has 1 aliphatic rings. The third-order valence-corrected chi connectivity index (χ3v) is 2.34. The number of piperidine rings is 1. The van der Waals surface area contributed by atoms with Gasteiger partial charge in [0.15, 0.2) is 0 Å². The summed E-state index contributed by atoms with van der Waals surface area (Å²) in [7, 11) is 1.61. The van der Waals surface area contributed by atoms with E-state index in [0.29, 0.717) is 13.1 Å². The minimum absolute atomic E-state index is 0.0671. The van der Waals surface area contributed by atoms with Gasteiger partial charge in [-0.3, -0.25) is 0 Å². The van der Waals surface area contributed by atoms with Crippen molar-refractivity contribution in [2.45, 2.75) is 18.9 Å². The van der Waals surface area contributed by atoms with Crippen LogP contribution in [0.15, 0.2) is 0 Å². The van der Waals surface area contributed by atoms with E-state index in [0.717, 1.165) is 12.8 Å². The molecule has 1 rings (SSSR count). The highest BCUT2D eigenvalue weighted by Gasteiger charge is 2.22. The lowest BCUT2D eigenvalue weighted by Crippen LogP contribution is -2.49. The fraction of sp³-hybridized carbons (Fsp3) is 0.750. The molecule has 6 heteroatoms. The van der Waals surface area contributed by atoms with Crippen LogP contribution >= 0.6 is 0 Å². The SMILES string of the molecule is CNC(=O)N1CCC(NC(N)=O)CC1. The molecule has 1 heterocycles. The maximum atomic E-state index is 11.2. The number of primary amides is 1. The summed E-state index contributed by atoms with van der Waals surface area (Å²) in [6, 6.07) is -0.459. The number of rotatable bonds is 1. The molecule has 80 valence electrons. The number of hydrogen-bond acceptors (Lipinski definition) is 2. The normalized spacial score (nSPS) is 17.6. The summed E-state index contributed by atoms with van der Waals surface area (Å²) < 4.78 is 0. The van der Waals surface area contributed by atoms with Crippen LogP contribution in [0.5, 0.6) is 0 Å². The Morgan fingerprint density at radius 1 is 1.36 bits per heavy atom. The van der Waals surface area contributed by atoms with Gasteiger partial charge in [0.1, 0.15) is 0 Å². The van der Waals surface area contributed by atoms with Crippen LogP contribution in [0.3, 0.4) is 0 Å². The second kappa shape index (κ2) is 4.69. The molecule has 0 aliphatic carbocycles. The Balaban J connectivity index is 2.31. The van der Waals surface area contributed by atoms with Gasteiger partial charge in [-0.15, -0.1) is 0 Å². The third-order valence-electron chi connectivity index (χ3n) is 2.34. The lowest BCUT2D eigenvalue weighted by atomic mass is 10.1. The zero-order valence-electron chi connectivity index (χ0n) is 8.25. The third kappa shape index (κ3) is 2.79. The molecule has 0 aromatic carbocycles. The molecule has 1 fully saturated rings. The Hall–Kier alpha value is -1.46. The van der Waals surface area contributed by atoms with Crippen LogP contribution in [0.2, 0.25) is 0 Å². The van der Waals surface area contributed by atoms with E-state index in [1.807, 2.05) is 0 Å². The highest BCUT2D eigenvalue weighted by Crippen LogP contribution is 2.09. The van der Waals surface area contributed by atoms with Gasteiger partial charge < -0.3 is 21.3 Å². The van der Waals surface area contributed by atoms with Crippen molar-refractivity contribution in [3.8, 4) is 0 Å². The number of nitrogens with one attached hydrogen (secondary N) is 2. The minimum atomic E-state index is -0.497. The van der Waals surface area contributed by atoms with E-state index < -0.39 is 6.03 Å². The van der Waals surface area contributed by atoms with E-state index in [4.69, 9.17) is 5.73 Å². The Kier molecular flexibility index (Phi) is 3.55. The predicted octanol–water partition coefficient (Wildman–Crippen LogP) is -0.541. The molecule has 0 bridgehead atoms. The van der Waals surface area contributed by atoms with Crippen molar-refractivity contribution in [2.75, 3.05) is 20.1 Å². The number of carbonyl (C=O) groups is 2. The molecular weight excluding hydrogens is 184 g/mol. The first-order chi connectivity index (χ1) is 6.63. The van der Waals surface area contributed by atoms with Crippen molar-refractivity contribution in [1.82, 2.24) is 15.5 Å². The van der Waals surface area contributed by atoms with Gasteiger partial charge in [-0.2, -0.15) is 0 Å². The zero-order chi connectivity index (χ0) is 10.6. The molecule has 0 atom stereocenters. The second-order valence-electron chi connectivity index (χ2n) is 3.33. The first-order valence-electron chi connectivity index (χ1n) is 4.66. The first-order valence-corrected chi connectivity index (χ1v) is 4.66. The van der Waals surface area contributed by atoms with Crippen LogP contribution in [-0.4, -0.2) is 43.1 Å². The Morgan fingerprint density at radius 3 is 2.36 bits per heavy atom. The smallest absolute Gasteiger partial charge is 0.317 e. The quantitative estimate of drug-likeness (QED) is 0.530. The van der Waals surface area contributed by atoms with E-state index in [-0.39, 0.29) is 12.1 Å². The average Bonchev–Trinajstić information content (AvgIpc) is 2.17. The highest BCUT2D eigenvalue weighted by molar-refractivity contribution is 5.74. The largest absolute Gasteiger partial charge is 0.352 e. The zero-order valence-corrected chi connectivity index (χ0v) is 8.25. The Bertz CT molecular complexity index is 223. The number of carbonyl (C=O) groups excluding carboxylic acids is 2.